The molecule has 6 nitrogen and oxygen atoms in total. The van der Waals surface area contributed by atoms with E-state index < -0.39 is 21.8 Å². The van der Waals surface area contributed by atoms with Gasteiger partial charge in [0.25, 0.3) is 15.9 Å². The highest BCUT2D eigenvalue weighted by Gasteiger charge is 2.22. The number of hydrogen-bond acceptors (Lipinski definition) is 4. The number of unbranched alkanes of at least 4 members (excludes halogenated alkanes) is 4. The van der Waals surface area contributed by atoms with Crippen LogP contribution in [0.25, 0.3) is 6.08 Å². The van der Waals surface area contributed by atoms with Crippen LogP contribution in [0.2, 0.25) is 0 Å². The second-order valence-corrected chi connectivity index (χ2v) is 9.25. The molecule has 2 aromatic rings. The normalized spacial score (nSPS) is 11.4. The molecule has 7 heteroatoms. The van der Waals surface area contributed by atoms with Crippen molar-refractivity contribution in [2.75, 3.05) is 5.32 Å². The van der Waals surface area contributed by atoms with E-state index in [0.29, 0.717) is 12.0 Å². The fourth-order valence-electron chi connectivity index (χ4n) is 3.08. The molecule has 0 aliphatic rings. The fourth-order valence-corrected chi connectivity index (χ4v) is 4.26. The second-order valence-electron chi connectivity index (χ2n) is 7.60. The molecule has 2 rings (SSSR count). The van der Waals surface area contributed by atoms with Crippen molar-refractivity contribution in [3.05, 3.63) is 65.7 Å². The van der Waals surface area contributed by atoms with Gasteiger partial charge in [-0.2, -0.15) is 0 Å². The van der Waals surface area contributed by atoms with Gasteiger partial charge in [-0.05, 0) is 42.7 Å². The molecule has 32 heavy (non-hydrogen) atoms. The predicted molar refractivity (Wildman–Crippen MR) is 129 cm³/mol. The van der Waals surface area contributed by atoms with Crippen LogP contribution in [0.5, 0.6) is 0 Å². The van der Waals surface area contributed by atoms with Crippen LogP contribution in [0.15, 0.2) is 59.5 Å². The smallest absolute Gasteiger partial charge is 0.266 e. The van der Waals surface area contributed by atoms with Crippen LogP contribution >= 0.6 is 0 Å². The van der Waals surface area contributed by atoms with E-state index in [1.54, 1.807) is 24.3 Å². The van der Waals surface area contributed by atoms with E-state index in [9.17, 15) is 18.0 Å². The molecule has 0 heterocycles. The Balaban J connectivity index is 2.09. The molecule has 0 aliphatic carbocycles. The maximum Gasteiger partial charge on any atom is 0.266 e. The number of para-hydroxylation sites is 1. The Morgan fingerprint density at radius 1 is 0.906 bits per heavy atom. The monoisotopic (exact) mass is 456 g/mol. The van der Waals surface area contributed by atoms with Crippen LogP contribution in [0.1, 0.15) is 74.7 Å². The van der Waals surface area contributed by atoms with Crippen molar-refractivity contribution < 1.29 is 18.0 Å². The standard InChI is InChI=1S/C25H32N2O4S/c1-3-5-7-9-12-20-16-18-21(19-17-20)25(29)26-22-13-10-11-14-23(22)32(30,31)27-24(28)15-8-6-4-2/h9-14,16-19H,3-8,15H2,1-2H3,(H,26,29)(H,27,28). The summed E-state index contributed by atoms with van der Waals surface area (Å²) in [6.45, 7) is 4.15. The van der Waals surface area contributed by atoms with Gasteiger partial charge in [-0.25, -0.2) is 13.1 Å². The molecule has 0 unspecified atom stereocenters. The zero-order chi connectivity index (χ0) is 23.4. The van der Waals surface area contributed by atoms with Crippen molar-refractivity contribution in [3.8, 4) is 0 Å². The Bertz CT molecular complexity index is 1030. The van der Waals surface area contributed by atoms with Crippen molar-refractivity contribution in [1.29, 1.82) is 0 Å². The number of carbonyl (C=O) groups is 2. The average molecular weight is 457 g/mol. The predicted octanol–water partition coefficient (Wildman–Crippen LogP) is 5.53. The first-order valence-corrected chi connectivity index (χ1v) is 12.6. The first-order valence-electron chi connectivity index (χ1n) is 11.1. The zero-order valence-electron chi connectivity index (χ0n) is 18.8. The first-order chi connectivity index (χ1) is 15.4. The highest BCUT2D eigenvalue weighted by atomic mass is 32.2. The Hall–Kier alpha value is -2.93. The molecule has 0 spiro atoms. The second kappa shape index (κ2) is 12.8. The average Bonchev–Trinajstić information content (AvgIpc) is 2.77. The number of carbonyl (C=O) groups excluding carboxylic acids is 2. The van der Waals surface area contributed by atoms with Gasteiger partial charge in [0.2, 0.25) is 5.91 Å². The van der Waals surface area contributed by atoms with Crippen LogP contribution in [0.4, 0.5) is 5.69 Å². The molecule has 0 atom stereocenters. The number of anilines is 1. The van der Waals surface area contributed by atoms with Gasteiger partial charge in [0, 0.05) is 12.0 Å². The van der Waals surface area contributed by atoms with Gasteiger partial charge in [-0.3, -0.25) is 9.59 Å². The molecule has 0 saturated heterocycles. The summed E-state index contributed by atoms with van der Waals surface area (Å²) >= 11 is 0. The maximum atomic E-state index is 12.7. The number of amides is 2. The summed E-state index contributed by atoms with van der Waals surface area (Å²) in [5.41, 5.74) is 1.52. The topological polar surface area (TPSA) is 92.3 Å². The Morgan fingerprint density at radius 3 is 2.28 bits per heavy atom. The number of sulfonamides is 1. The van der Waals surface area contributed by atoms with Crippen molar-refractivity contribution in [2.24, 2.45) is 0 Å². The van der Waals surface area contributed by atoms with E-state index in [1.165, 1.54) is 12.1 Å². The van der Waals surface area contributed by atoms with Crippen molar-refractivity contribution in [1.82, 2.24) is 4.72 Å². The summed E-state index contributed by atoms with van der Waals surface area (Å²) in [5.74, 6) is -0.981. The van der Waals surface area contributed by atoms with E-state index in [-0.39, 0.29) is 17.0 Å². The van der Waals surface area contributed by atoms with Crippen LogP contribution in [-0.2, 0) is 14.8 Å². The number of rotatable bonds is 12. The molecule has 0 radical (unpaired) electrons. The van der Waals surface area contributed by atoms with Crippen LogP contribution in [0.3, 0.4) is 0 Å². The summed E-state index contributed by atoms with van der Waals surface area (Å²) in [4.78, 5) is 24.6. The summed E-state index contributed by atoms with van der Waals surface area (Å²) < 4.78 is 27.5. The lowest BCUT2D eigenvalue weighted by Crippen LogP contribution is -2.31. The first kappa shape index (κ1) is 25.3. The third-order valence-electron chi connectivity index (χ3n) is 4.89. The lowest BCUT2D eigenvalue weighted by molar-refractivity contribution is -0.119. The van der Waals surface area contributed by atoms with Crippen molar-refractivity contribution in [3.63, 3.8) is 0 Å². The van der Waals surface area contributed by atoms with Gasteiger partial charge in [0.15, 0.2) is 0 Å². The molecule has 2 amide bonds. The van der Waals surface area contributed by atoms with Gasteiger partial charge in [-0.1, -0.05) is 75.9 Å². The summed E-state index contributed by atoms with van der Waals surface area (Å²) in [5, 5.41) is 2.65. The zero-order valence-corrected chi connectivity index (χ0v) is 19.6. The third-order valence-corrected chi connectivity index (χ3v) is 6.32. The SMILES string of the molecule is CCCCC=Cc1ccc(C(=O)Nc2ccccc2S(=O)(=O)NC(=O)CCCCC)cc1. The van der Waals surface area contributed by atoms with Crippen LogP contribution in [-0.4, -0.2) is 20.2 Å². The quantitative estimate of drug-likeness (QED) is 0.411. The molecule has 2 N–H and O–H groups in total. The Kier molecular flexibility index (Phi) is 10.1. The van der Waals surface area contributed by atoms with Gasteiger partial charge in [0.1, 0.15) is 4.90 Å². The molecule has 2 aromatic carbocycles. The summed E-state index contributed by atoms with van der Waals surface area (Å²) in [7, 11) is -4.10. The molecule has 0 aliphatic heterocycles. The lowest BCUT2D eigenvalue weighted by Gasteiger charge is -2.13. The third kappa shape index (κ3) is 7.96. The molecular formula is C25H32N2O4S. The minimum Gasteiger partial charge on any atom is -0.321 e. The van der Waals surface area contributed by atoms with Crippen LogP contribution < -0.4 is 10.0 Å². The molecule has 0 fully saturated rings. The van der Waals surface area contributed by atoms with Crippen molar-refractivity contribution in [2.45, 2.75) is 63.7 Å². The van der Waals surface area contributed by atoms with E-state index in [4.69, 9.17) is 0 Å². The number of allylic oxidation sites excluding steroid dienone is 1. The molecule has 0 bridgehead atoms. The van der Waals surface area contributed by atoms with Crippen LogP contribution in [0, 0.1) is 0 Å². The van der Waals surface area contributed by atoms with Gasteiger partial charge >= 0.3 is 0 Å². The summed E-state index contributed by atoms with van der Waals surface area (Å²) in [6, 6.07) is 13.1. The minimum absolute atomic E-state index is 0.120. The fraction of sp³-hybridized carbons (Fsp3) is 0.360. The van der Waals surface area contributed by atoms with Gasteiger partial charge in [-0.15, -0.1) is 0 Å². The lowest BCUT2D eigenvalue weighted by atomic mass is 10.1. The van der Waals surface area contributed by atoms with E-state index in [1.807, 2.05) is 25.1 Å². The minimum atomic E-state index is -4.10. The molecular weight excluding hydrogens is 424 g/mol. The van der Waals surface area contributed by atoms with E-state index in [2.05, 4.69) is 23.0 Å². The van der Waals surface area contributed by atoms with Gasteiger partial charge in [0.05, 0.1) is 5.69 Å². The van der Waals surface area contributed by atoms with Gasteiger partial charge < -0.3 is 5.32 Å². The number of hydrogen-bond donors (Lipinski definition) is 2. The highest BCUT2D eigenvalue weighted by molar-refractivity contribution is 7.90. The summed E-state index contributed by atoms with van der Waals surface area (Å²) in [6.07, 6.45) is 9.97. The molecule has 0 aromatic heterocycles. The molecule has 0 saturated carbocycles. The van der Waals surface area contributed by atoms with E-state index >= 15 is 0 Å². The largest absolute Gasteiger partial charge is 0.321 e. The number of benzene rings is 2. The Morgan fingerprint density at radius 2 is 1.59 bits per heavy atom. The van der Waals surface area contributed by atoms with Crippen molar-refractivity contribution >= 4 is 33.6 Å². The molecule has 172 valence electrons. The maximum absolute atomic E-state index is 12.7. The number of nitrogens with one attached hydrogen (secondary N) is 2. The van der Waals surface area contributed by atoms with E-state index in [0.717, 1.165) is 37.7 Å². The Labute approximate surface area is 191 Å². The highest BCUT2D eigenvalue weighted by Crippen LogP contribution is 2.22.